The highest BCUT2D eigenvalue weighted by Crippen LogP contribution is 2.43. The Labute approximate surface area is 125 Å². The van der Waals surface area contributed by atoms with Crippen molar-refractivity contribution < 1.29 is 19.4 Å². The van der Waals surface area contributed by atoms with Crippen LogP contribution in [0.4, 0.5) is 0 Å². The van der Waals surface area contributed by atoms with Crippen molar-refractivity contribution in [2.45, 2.75) is 70.0 Å². The number of fused-ring (bicyclic) bond motifs is 2. The number of amides is 1. The number of carboxylic acid groups (broad SMARTS) is 1. The highest BCUT2D eigenvalue weighted by molar-refractivity contribution is 5.78. The van der Waals surface area contributed by atoms with E-state index in [1.54, 1.807) is 0 Å². The van der Waals surface area contributed by atoms with Gasteiger partial charge in [0.1, 0.15) is 0 Å². The fourth-order valence-corrected chi connectivity index (χ4v) is 4.29. The van der Waals surface area contributed by atoms with Crippen molar-refractivity contribution in [1.82, 2.24) is 4.90 Å². The number of morpholine rings is 1. The van der Waals surface area contributed by atoms with E-state index in [0.29, 0.717) is 19.5 Å². The van der Waals surface area contributed by atoms with Gasteiger partial charge in [-0.3, -0.25) is 9.59 Å². The van der Waals surface area contributed by atoms with Gasteiger partial charge in [-0.1, -0.05) is 19.3 Å². The second-order valence-electron chi connectivity index (χ2n) is 7.06. The Morgan fingerprint density at radius 3 is 2.24 bits per heavy atom. The Morgan fingerprint density at radius 1 is 1.05 bits per heavy atom. The van der Waals surface area contributed by atoms with Crippen LogP contribution in [0.1, 0.15) is 57.8 Å². The van der Waals surface area contributed by atoms with Crippen molar-refractivity contribution in [2.24, 2.45) is 5.41 Å². The van der Waals surface area contributed by atoms with Crippen LogP contribution in [-0.4, -0.2) is 47.2 Å². The van der Waals surface area contributed by atoms with Crippen LogP contribution in [-0.2, 0) is 14.3 Å². The zero-order valence-electron chi connectivity index (χ0n) is 12.6. The summed E-state index contributed by atoms with van der Waals surface area (Å²) in [6, 6.07) is 0. The lowest BCUT2D eigenvalue weighted by Crippen LogP contribution is -2.47. The Bertz CT molecular complexity index is 405. The lowest BCUT2D eigenvalue weighted by atomic mass is 9.69. The summed E-state index contributed by atoms with van der Waals surface area (Å²) < 4.78 is 5.77. The summed E-state index contributed by atoms with van der Waals surface area (Å²) in [6.45, 7) is 1.39. The van der Waals surface area contributed by atoms with Crippen molar-refractivity contribution in [1.29, 1.82) is 0 Å². The number of hydrogen-bond donors (Lipinski definition) is 1. The van der Waals surface area contributed by atoms with Crippen molar-refractivity contribution in [2.75, 3.05) is 13.1 Å². The van der Waals surface area contributed by atoms with Gasteiger partial charge in [-0.2, -0.15) is 0 Å². The number of carbonyl (C=O) groups excluding carboxylic acids is 1. The molecule has 2 atom stereocenters. The molecule has 2 saturated heterocycles. The quantitative estimate of drug-likeness (QED) is 0.863. The Kier molecular flexibility index (Phi) is 4.20. The first-order valence-corrected chi connectivity index (χ1v) is 8.21. The first kappa shape index (κ1) is 14.8. The highest BCUT2D eigenvalue weighted by Gasteiger charge is 2.40. The molecule has 0 aromatic heterocycles. The van der Waals surface area contributed by atoms with Crippen LogP contribution in [0, 0.1) is 5.41 Å². The smallest absolute Gasteiger partial charge is 0.303 e. The molecule has 1 saturated carbocycles. The maximum Gasteiger partial charge on any atom is 0.303 e. The fourth-order valence-electron chi connectivity index (χ4n) is 4.29. The molecule has 0 aromatic carbocycles. The number of hydrogen-bond acceptors (Lipinski definition) is 3. The number of nitrogens with zero attached hydrogens (tertiary/aromatic N) is 1. The van der Waals surface area contributed by atoms with E-state index in [9.17, 15) is 14.7 Å². The van der Waals surface area contributed by atoms with E-state index in [1.165, 1.54) is 0 Å². The molecule has 1 amide bonds. The third-order valence-electron chi connectivity index (χ3n) is 5.36. The minimum atomic E-state index is -0.772. The number of carbonyl (C=O) groups is 2. The normalized spacial score (nSPS) is 31.1. The van der Waals surface area contributed by atoms with Crippen LogP contribution in [0.15, 0.2) is 0 Å². The Balaban J connectivity index is 1.64. The third-order valence-corrected chi connectivity index (χ3v) is 5.36. The van der Waals surface area contributed by atoms with E-state index < -0.39 is 5.97 Å². The van der Waals surface area contributed by atoms with Crippen LogP contribution >= 0.6 is 0 Å². The highest BCUT2D eigenvalue weighted by atomic mass is 16.5. The number of aliphatic carboxylic acids is 1. The van der Waals surface area contributed by atoms with Crippen molar-refractivity contribution in [3.8, 4) is 0 Å². The molecular formula is C16H25NO4. The molecule has 2 unspecified atom stereocenters. The zero-order valence-corrected chi connectivity index (χ0v) is 12.6. The van der Waals surface area contributed by atoms with Crippen LogP contribution in [0.25, 0.3) is 0 Å². The minimum absolute atomic E-state index is 0.135. The summed E-state index contributed by atoms with van der Waals surface area (Å²) >= 11 is 0. The topological polar surface area (TPSA) is 66.8 Å². The second-order valence-corrected chi connectivity index (χ2v) is 7.06. The molecule has 2 bridgehead atoms. The van der Waals surface area contributed by atoms with E-state index in [2.05, 4.69) is 0 Å². The second kappa shape index (κ2) is 5.95. The lowest BCUT2D eigenvalue weighted by Gasteiger charge is -2.39. The summed E-state index contributed by atoms with van der Waals surface area (Å²) in [5.74, 6) is -0.634. The third kappa shape index (κ3) is 3.39. The lowest BCUT2D eigenvalue weighted by molar-refractivity contribution is -0.146. The van der Waals surface area contributed by atoms with Gasteiger partial charge in [0.05, 0.1) is 18.6 Å². The van der Waals surface area contributed by atoms with E-state index in [-0.39, 0.29) is 30.0 Å². The van der Waals surface area contributed by atoms with Gasteiger partial charge in [0.15, 0.2) is 0 Å². The summed E-state index contributed by atoms with van der Waals surface area (Å²) in [4.78, 5) is 25.8. The molecule has 5 heteroatoms. The maximum absolute atomic E-state index is 12.6. The number of carboxylic acids is 1. The number of ether oxygens (including phenoxy) is 1. The average Bonchev–Trinajstić information content (AvgIpc) is 2.77. The molecule has 3 fully saturated rings. The molecule has 0 spiro atoms. The molecule has 1 N–H and O–H groups in total. The summed E-state index contributed by atoms with van der Waals surface area (Å²) in [7, 11) is 0. The molecule has 0 aromatic rings. The van der Waals surface area contributed by atoms with Gasteiger partial charge in [0, 0.05) is 19.5 Å². The number of likely N-dealkylation sites (tertiary alicyclic amines) is 1. The molecule has 118 valence electrons. The van der Waals surface area contributed by atoms with E-state index in [1.807, 2.05) is 4.90 Å². The Morgan fingerprint density at radius 2 is 1.67 bits per heavy atom. The summed E-state index contributed by atoms with van der Waals surface area (Å²) in [5, 5.41) is 9.20. The predicted octanol–water partition coefficient (Wildman–Crippen LogP) is 2.19. The Hall–Kier alpha value is -1.10. The molecule has 21 heavy (non-hydrogen) atoms. The van der Waals surface area contributed by atoms with Gasteiger partial charge in [-0.05, 0) is 31.1 Å². The zero-order chi connectivity index (χ0) is 14.9. The van der Waals surface area contributed by atoms with Crippen LogP contribution in [0.5, 0.6) is 0 Å². The van der Waals surface area contributed by atoms with Gasteiger partial charge >= 0.3 is 5.97 Å². The molecular weight excluding hydrogens is 270 g/mol. The maximum atomic E-state index is 12.6. The van der Waals surface area contributed by atoms with Crippen LogP contribution in [0.2, 0.25) is 0 Å². The summed E-state index contributed by atoms with van der Waals surface area (Å²) in [5.41, 5.74) is -0.307. The van der Waals surface area contributed by atoms with Crippen LogP contribution < -0.4 is 0 Å². The van der Waals surface area contributed by atoms with E-state index in [0.717, 1.165) is 44.9 Å². The molecule has 2 aliphatic heterocycles. The molecule has 2 heterocycles. The monoisotopic (exact) mass is 295 g/mol. The minimum Gasteiger partial charge on any atom is -0.481 e. The number of rotatable bonds is 4. The molecule has 1 aliphatic carbocycles. The van der Waals surface area contributed by atoms with E-state index in [4.69, 9.17) is 4.74 Å². The molecule has 3 rings (SSSR count). The first-order valence-electron chi connectivity index (χ1n) is 8.21. The van der Waals surface area contributed by atoms with Gasteiger partial charge in [-0.25, -0.2) is 0 Å². The fraction of sp³-hybridized carbons (Fsp3) is 0.875. The molecule has 5 nitrogen and oxygen atoms in total. The largest absolute Gasteiger partial charge is 0.481 e. The predicted molar refractivity (Wildman–Crippen MR) is 76.9 cm³/mol. The first-order chi connectivity index (χ1) is 10.1. The van der Waals surface area contributed by atoms with Gasteiger partial charge in [0.2, 0.25) is 5.91 Å². The van der Waals surface area contributed by atoms with Crippen molar-refractivity contribution >= 4 is 11.9 Å². The average molecular weight is 295 g/mol. The standard InChI is InChI=1S/C16H25NO4/c18-14(17-10-12-4-5-13(11-17)21-12)8-16(9-15(19)20)6-2-1-3-7-16/h12-13H,1-11H2,(H,19,20). The van der Waals surface area contributed by atoms with Gasteiger partial charge in [0.25, 0.3) is 0 Å². The van der Waals surface area contributed by atoms with Gasteiger partial charge < -0.3 is 14.7 Å². The van der Waals surface area contributed by atoms with Crippen molar-refractivity contribution in [3.05, 3.63) is 0 Å². The summed E-state index contributed by atoms with van der Waals surface area (Å²) in [6.07, 6.45) is 8.06. The van der Waals surface area contributed by atoms with Crippen molar-refractivity contribution in [3.63, 3.8) is 0 Å². The molecule has 0 radical (unpaired) electrons. The molecule has 3 aliphatic rings. The SMILES string of the molecule is O=C(O)CC1(CC(=O)N2CC3CCC(C2)O3)CCCCC1. The van der Waals surface area contributed by atoms with Gasteiger partial charge in [-0.15, -0.1) is 0 Å². The van der Waals surface area contributed by atoms with E-state index >= 15 is 0 Å². The van der Waals surface area contributed by atoms with Crippen LogP contribution in [0.3, 0.4) is 0 Å².